The summed E-state index contributed by atoms with van der Waals surface area (Å²) in [7, 11) is 0. The van der Waals surface area contributed by atoms with Crippen molar-refractivity contribution < 1.29 is 14.3 Å². The van der Waals surface area contributed by atoms with Crippen molar-refractivity contribution in [1.29, 1.82) is 5.26 Å². The number of rotatable bonds is 10. The third-order valence-electron chi connectivity index (χ3n) is 5.17. The number of benzene rings is 3. The van der Waals surface area contributed by atoms with E-state index in [4.69, 9.17) is 9.47 Å². The molecule has 3 aromatic carbocycles. The standard InChI is InChI=1S/C29H30N2O3/c1-5-10-23-15-21(16-25(18-30)29(32)31-20(3)4)17-27(33-6-2)28(23)34-19-24-13-9-12-22-11-7-8-14-26(22)24/h5,7-9,11-17,20H,1,6,10,19H2,2-4H3,(H,31,32)/b25-16-. The number of fused-ring (bicyclic) bond motifs is 1. The Labute approximate surface area is 201 Å². The Morgan fingerprint density at radius 2 is 1.88 bits per heavy atom. The second-order valence-corrected chi connectivity index (χ2v) is 8.16. The average Bonchev–Trinajstić information content (AvgIpc) is 2.82. The van der Waals surface area contributed by atoms with Crippen LogP contribution in [0.2, 0.25) is 0 Å². The summed E-state index contributed by atoms with van der Waals surface area (Å²) in [4.78, 5) is 12.4. The molecule has 0 fully saturated rings. The fourth-order valence-corrected chi connectivity index (χ4v) is 3.72. The van der Waals surface area contributed by atoms with Crippen LogP contribution in [-0.2, 0) is 17.8 Å². The second kappa shape index (κ2) is 11.7. The van der Waals surface area contributed by atoms with E-state index in [1.54, 1.807) is 18.2 Å². The minimum absolute atomic E-state index is 0.0325. The van der Waals surface area contributed by atoms with E-state index in [0.717, 1.165) is 21.9 Å². The lowest BCUT2D eigenvalue weighted by atomic mass is 10.0. The van der Waals surface area contributed by atoms with Crippen LogP contribution in [0, 0.1) is 11.3 Å². The molecule has 3 rings (SSSR count). The van der Waals surface area contributed by atoms with E-state index in [0.29, 0.717) is 36.7 Å². The van der Waals surface area contributed by atoms with E-state index in [-0.39, 0.29) is 11.6 Å². The molecule has 5 heteroatoms. The molecular weight excluding hydrogens is 424 g/mol. The number of allylic oxidation sites excluding steroid dienone is 1. The van der Waals surface area contributed by atoms with Gasteiger partial charge in [-0.3, -0.25) is 4.79 Å². The van der Waals surface area contributed by atoms with Crippen LogP contribution in [0.4, 0.5) is 0 Å². The minimum Gasteiger partial charge on any atom is -0.490 e. The molecule has 1 amide bonds. The smallest absolute Gasteiger partial charge is 0.262 e. The number of ether oxygens (including phenoxy) is 2. The predicted molar refractivity (Wildman–Crippen MR) is 137 cm³/mol. The van der Waals surface area contributed by atoms with Gasteiger partial charge in [0.25, 0.3) is 5.91 Å². The first kappa shape index (κ1) is 24.6. The topological polar surface area (TPSA) is 71.4 Å². The zero-order chi connectivity index (χ0) is 24.5. The molecule has 0 atom stereocenters. The molecule has 0 heterocycles. The molecule has 0 aliphatic rings. The molecule has 0 aliphatic heterocycles. The summed E-state index contributed by atoms with van der Waals surface area (Å²) in [6.45, 7) is 10.3. The number of hydrogen-bond donors (Lipinski definition) is 1. The Kier molecular flexibility index (Phi) is 8.48. The van der Waals surface area contributed by atoms with E-state index < -0.39 is 5.91 Å². The van der Waals surface area contributed by atoms with E-state index in [2.05, 4.69) is 36.2 Å². The van der Waals surface area contributed by atoms with Gasteiger partial charge in [0.2, 0.25) is 0 Å². The zero-order valence-electron chi connectivity index (χ0n) is 19.9. The van der Waals surface area contributed by atoms with Crippen LogP contribution in [-0.4, -0.2) is 18.6 Å². The van der Waals surface area contributed by atoms with Crippen LogP contribution in [0.5, 0.6) is 11.5 Å². The lowest BCUT2D eigenvalue weighted by molar-refractivity contribution is -0.117. The number of nitrogens with zero attached hydrogens (tertiary/aromatic N) is 1. The summed E-state index contributed by atoms with van der Waals surface area (Å²) in [6.07, 6.45) is 3.91. The molecule has 34 heavy (non-hydrogen) atoms. The first-order chi connectivity index (χ1) is 16.5. The molecule has 1 N–H and O–H groups in total. The number of nitriles is 1. The predicted octanol–water partition coefficient (Wildman–Crippen LogP) is 5.98. The van der Waals surface area contributed by atoms with Crippen LogP contribution in [0.1, 0.15) is 37.5 Å². The summed E-state index contributed by atoms with van der Waals surface area (Å²) in [5.74, 6) is 0.795. The third kappa shape index (κ3) is 6.05. The molecule has 0 spiro atoms. The highest BCUT2D eigenvalue weighted by Gasteiger charge is 2.16. The molecule has 0 aliphatic carbocycles. The van der Waals surface area contributed by atoms with Gasteiger partial charge in [-0.15, -0.1) is 6.58 Å². The Morgan fingerprint density at radius 3 is 2.59 bits per heavy atom. The number of hydrogen-bond acceptors (Lipinski definition) is 4. The van der Waals surface area contributed by atoms with Crippen molar-refractivity contribution in [3.63, 3.8) is 0 Å². The molecule has 0 aromatic heterocycles. The van der Waals surface area contributed by atoms with Crippen molar-refractivity contribution in [2.45, 2.75) is 39.8 Å². The Bertz CT molecular complexity index is 1250. The summed E-state index contributed by atoms with van der Waals surface area (Å²) >= 11 is 0. The van der Waals surface area contributed by atoms with E-state index in [1.807, 2.05) is 51.1 Å². The Hall–Kier alpha value is -4.04. The van der Waals surface area contributed by atoms with Gasteiger partial charge in [-0.1, -0.05) is 48.5 Å². The first-order valence-corrected chi connectivity index (χ1v) is 11.4. The maximum absolute atomic E-state index is 12.4. The molecule has 3 aromatic rings. The van der Waals surface area contributed by atoms with Gasteiger partial charge in [0.15, 0.2) is 11.5 Å². The summed E-state index contributed by atoms with van der Waals surface area (Å²) in [5.41, 5.74) is 2.67. The number of amides is 1. The van der Waals surface area contributed by atoms with Crippen LogP contribution < -0.4 is 14.8 Å². The molecule has 0 saturated heterocycles. The zero-order valence-corrected chi connectivity index (χ0v) is 19.9. The summed E-state index contributed by atoms with van der Waals surface area (Å²) < 4.78 is 12.2. The molecular formula is C29H30N2O3. The van der Waals surface area contributed by atoms with E-state index in [9.17, 15) is 10.1 Å². The molecule has 5 nitrogen and oxygen atoms in total. The fraction of sp³-hybridized carbons (Fsp3) is 0.241. The normalized spacial score (nSPS) is 11.2. The van der Waals surface area contributed by atoms with Gasteiger partial charge in [-0.05, 0) is 67.3 Å². The van der Waals surface area contributed by atoms with E-state index in [1.165, 1.54) is 0 Å². The highest BCUT2D eigenvalue weighted by Crippen LogP contribution is 2.36. The van der Waals surface area contributed by atoms with Gasteiger partial charge in [0.1, 0.15) is 18.2 Å². The number of nitrogens with one attached hydrogen (secondary N) is 1. The van der Waals surface area contributed by atoms with E-state index >= 15 is 0 Å². The van der Waals surface area contributed by atoms with Crippen molar-refractivity contribution in [2.24, 2.45) is 0 Å². The lowest BCUT2D eigenvalue weighted by Crippen LogP contribution is -2.30. The van der Waals surface area contributed by atoms with Gasteiger partial charge in [0, 0.05) is 11.6 Å². The minimum atomic E-state index is -0.406. The molecule has 0 radical (unpaired) electrons. The Morgan fingerprint density at radius 1 is 1.12 bits per heavy atom. The number of carbonyl (C=O) groups is 1. The van der Waals surface area contributed by atoms with Gasteiger partial charge < -0.3 is 14.8 Å². The second-order valence-electron chi connectivity index (χ2n) is 8.16. The Balaban J connectivity index is 1.99. The third-order valence-corrected chi connectivity index (χ3v) is 5.17. The summed E-state index contributed by atoms with van der Waals surface area (Å²) in [6, 6.07) is 20.0. The first-order valence-electron chi connectivity index (χ1n) is 11.4. The quantitative estimate of drug-likeness (QED) is 0.232. The highest BCUT2D eigenvalue weighted by molar-refractivity contribution is 6.01. The monoisotopic (exact) mass is 454 g/mol. The maximum atomic E-state index is 12.4. The number of carbonyl (C=O) groups excluding carboxylic acids is 1. The highest BCUT2D eigenvalue weighted by atomic mass is 16.5. The van der Waals surface area contributed by atoms with Crippen LogP contribution in [0.25, 0.3) is 16.8 Å². The SMILES string of the molecule is C=CCc1cc(/C=C(/C#N)C(=O)NC(C)C)cc(OCC)c1OCc1cccc2ccccc12. The fourth-order valence-electron chi connectivity index (χ4n) is 3.72. The van der Waals surface area contributed by atoms with Crippen molar-refractivity contribution >= 4 is 22.8 Å². The lowest BCUT2D eigenvalue weighted by Gasteiger charge is -2.17. The maximum Gasteiger partial charge on any atom is 0.262 e. The van der Waals surface area contributed by atoms with Crippen LogP contribution >= 0.6 is 0 Å². The molecule has 0 unspecified atom stereocenters. The van der Waals surface area contributed by atoms with Crippen molar-refractivity contribution in [3.8, 4) is 17.6 Å². The van der Waals surface area contributed by atoms with Gasteiger partial charge in [-0.2, -0.15) is 5.26 Å². The summed E-state index contributed by atoms with van der Waals surface area (Å²) in [5, 5.41) is 14.6. The van der Waals surface area contributed by atoms with Gasteiger partial charge in [0.05, 0.1) is 6.61 Å². The molecule has 0 bridgehead atoms. The van der Waals surface area contributed by atoms with Crippen molar-refractivity contribution in [1.82, 2.24) is 5.32 Å². The largest absolute Gasteiger partial charge is 0.490 e. The van der Waals surface area contributed by atoms with Gasteiger partial charge >= 0.3 is 0 Å². The van der Waals surface area contributed by atoms with Gasteiger partial charge in [-0.25, -0.2) is 0 Å². The van der Waals surface area contributed by atoms with Crippen LogP contribution in [0.3, 0.4) is 0 Å². The van der Waals surface area contributed by atoms with Crippen LogP contribution in [0.15, 0.2) is 72.8 Å². The molecule has 174 valence electrons. The average molecular weight is 455 g/mol. The molecule has 0 saturated carbocycles. The van der Waals surface area contributed by atoms with Crippen molar-refractivity contribution in [2.75, 3.05) is 6.61 Å². The van der Waals surface area contributed by atoms with Crippen molar-refractivity contribution in [3.05, 3.63) is 89.5 Å².